The van der Waals surface area contributed by atoms with E-state index in [-0.39, 0.29) is 11.5 Å². The molecule has 2 heteroatoms. The van der Waals surface area contributed by atoms with Gasteiger partial charge < -0.3 is 5.11 Å². The molecule has 0 aromatic carbocycles. The predicted octanol–water partition coefficient (Wildman–Crippen LogP) is 3.33. The van der Waals surface area contributed by atoms with E-state index in [0.29, 0.717) is 24.0 Å². The van der Waals surface area contributed by atoms with Crippen molar-refractivity contribution in [1.82, 2.24) is 0 Å². The summed E-state index contributed by atoms with van der Waals surface area (Å²) < 4.78 is 0. The lowest BCUT2D eigenvalue weighted by Crippen LogP contribution is -2.39. The molecule has 4 aliphatic rings. The van der Waals surface area contributed by atoms with Gasteiger partial charge in [-0.2, -0.15) is 0 Å². The lowest BCUT2D eigenvalue weighted by molar-refractivity contribution is -0.114. The van der Waals surface area contributed by atoms with E-state index in [1.165, 1.54) is 16.7 Å². The van der Waals surface area contributed by atoms with E-state index in [0.717, 1.165) is 32.1 Å². The molecule has 0 aromatic rings. The van der Waals surface area contributed by atoms with E-state index >= 15 is 0 Å². The highest BCUT2D eigenvalue weighted by Crippen LogP contribution is 2.57. The first kappa shape index (κ1) is 12.6. The first-order valence-electron chi connectivity index (χ1n) is 7.94. The highest BCUT2D eigenvalue weighted by molar-refractivity contribution is 5.93. The summed E-state index contributed by atoms with van der Waals surface area (Å²) in [6.07, 6.45) is 12.1. The standard InChI is InChI=1S/C18H22O2/c1-18-9-8-14-13-5-3-12(19)10-11(13)2-4-15(14)16(18)6-7-17(18)20/h8-10,15-17,20H,2-7H2,1H3/t15?,16-,17-,18-/m0/s1. The van der Waals surface area contributed by atoms with Crippen molar-refractivity contribution in [3.8, 4) is 0 Å². The quantitative estimate of drug-likeness (QED) is 0.733. The van der Waals surface area contributed by atoms with Crippen molar-refractivity contribution < 1.29 is 9.90 Å². The average molecular weight is 270 g/mol. The average Bonchev–Trinajstić information content (AvgIpc) is 2.74. The number of allylic oxidation sites excluding steroid dienone is 5. The number of hydrogen-bond acceptors (Lipinski definition) is 2. The molecule has 1 saturated carbocycles. The second-order valence-electron chi connectivity index (χ2n) is 7.11. The Labute approximate surface area is 120 Å². The van der Waals surface area contributed by atoms with Crippen molar-refractivity contribution in [2.24, 2.45) is 17.3 Å². The molecule has 4 atom stereocenters. The molecule has 20 heavy (non-hydrogen) atoms. The second-order valence-corrected chi connectivity index (χ2v) is 7.11. The molecule has 106 valence electrons. The fourth-order valence-electron chi connectivity index (χ4n) is 4.99. The lowest BCUT2D eigenvalue weighted by atomic mass is 9.60. The largest absolute Gasteiger partial charge is 0.392 e. The first-order chi connectivity index (χ1) is 9.59. The summed E-state index contributed by atoms with van der Waals surface area (Å²) in [7, 11) is 0. The normalized spacial score (nSPS) is 43.0. The Balaban J connectivity index is 1.82. The Kier molecular flexibility index (Phi) is 2.62. The molecule has 4 rings (SSSR count). The Morgan fingerprint density at radius 3 is 2.90 bits per heavy atom. The molecule has 0 heterocycles. The smallest absolute Gasteiger partial charge is 0.156 e. The number of aliphatic hydroxyl groups is 1. The first-order valence-corrected chi connectivity index (χ1v) is 7.94. The minimum absolute atomic E-state index is 0.0274. The van der Waals surface area contributed by atoms with Crippen molar-refractivity contribution in [1.29, 1.82) is 0 Å². The summed E-state index contributed by atoms with van der Waals surface area (Å²) in [4.78, 5) is 11.6. The van der Waals surface area contributed by atoms with Gasteiger partial charge in [-0.15, -0.1) is 0 Å². The molecule has 1 N–H and O–H groups in total. The zero-order valence-corrected chi connectivity index (χ0v) is 12.1. The maximum atomic E-state index is 11.6. The second kappa shape index (κ2) is 4.17. The molecule has 4 aliphatic carbocycles. The van der Waals surface area contributed by atoms with Crippen LogP contribution in [-0.4, -0.2) is 17.0 Å². The molecule has 0 spiro atoms. The molecule has 0 aromatic heterocycles. The minimum Gasteiger partial charge on any atom is -0.392 e. The molecular formula is C18H22O2. The van der Waals surface area contributed by atoms with Crippen LogP contribution in [0, 0.1) is 17.3 Å². The fourth-order valence-corrected chi connectivity index (χ4v) is 4.99. The topological polar surface area (TPSA) is 37.3 Å². The van der Waals surface area contributed by atoms with E-state index in [9.17, 15) is 9.90 Å². The molecule has 0 bridgehead atoms. The Morgan fingerprint density at radius 1 is 1.20 bits per heavy atom. The molecular weight excluding hydrogens is 248 g/mol. The monoisotopic (exact) mass is 270 g/mol. The van der Waals surface area contributed by atoms with Gasteiger partial charge in [-0.05, 0) is 66.7 Å². The van der Waals surface area contributed by atoms with Gasteiger partial charge in [0.2, 0.25) is 0 Å². The SMILES string of the molecule is C[C@]12C=CC3=C4CCC(=O)C=C4CCC3[C@@H]1CC[C@@H]2O. The molecule has 1 fully saturated rings. The number of rotatable bonds is 0. The molecule has 0 saturated heterocycles. The third-order valence-electron chi connectivity index (χ3n) is 6.19. The molecule has 0 radical (unpaired) electrons. The maximum Gasteiger partial charge on any atom is 0.156 e. The number of carbonyl (C=O) groups is 1. The van der Waals surface area contributed by atoms with Crippen molar-refractivity contribution in [3.05, 3.63) is 34.9 Å². The minimum atomic E-state index is -0.180. The summed E-state index contributed by atoms with van der Waals surface area (Å²) in [5, 5.41) is 10.3. The van der Waals surface area contributed by atoms with Gasteiger partial charge in [0.15, 0.2) is 5.78 Å². The van der Waals surface area contributed by atoms with Crippen LogP contribution in [0.5, 0.6) is 0 Å². The van der Waals surface area contributed by atoms with Crippen LogP contribution in [-0.2, 0) is 4.79 Å². The van der Waals surface area contributed by atoms with Crippen LogP contribution < -0.4 is 0 Å². The fraction of sp³-hybridized carbons (Fsp3) is 0.611. The zero-order valence-electron chi connectivity index (χ0n) is 12.1. The van der Waals surface area contributed by atoms with Gasteiger partial charge in [-0.1, -0.05) is 19.1 Å². The summed E-state index contributed by atoms with van der Waals surface area (Å²) in [6.45, 7) is 2.23. The predicted molar refractivity (Wildman–Crippen MR) is 78.1 cm³/mol. The third-order valence-corrected chi connectivity index (χ3v) is 6.19. The van der Waals surface area contributed by atoms with Gasteiger partial charge in [-0.25, -0.2) is 0 Å². The highest BCUT2D eigenvalue weighted by Gasteiger charge is 2.51. The van der Waals surface area contributed by atoms with Crippen LogP contribution >= 0.6 is 0 Å². The third kappa shape index (κ3) is 1.57. The van der Waals surface area contributed by atoms with Crippen LogP contribution in [0.15, 0.2) is 34.9 Å². The summed E-state index contributed by atoms with van der Waals surface area (Å²) in [5.41, 5.74) is 4.19. The summed E-state index contributed by atoms with van der Waals surface area (Å²) >= 11 is 0. The van der Waals surface area contributed by atoms with E-state index in [1.54, 1.807) is 0 Å². The van der Waals surface area contributed by atoms with E-state index in [2.05, 4.69) is 19.1 Å². The molecule has 1 unspecified atom stereocenters. The molecule has 0 aliphatic heterocycles. The summed E-state index contributed by atoms with van der Waals surface area (Å²) in [6, 6.07) is 0. The van der Waals surface area contributed by atoms with Crippen LogP contribution in [0.4, 0.5) is 0 Å². The Morgan fingerprint density at radius 2 is 2.05 bits per heavy atom. The van der Waals surface area contributed by atoms with Gasteiger partial charge in [0, 0.05) is 11.8 Å². The van der Waals surface area contributed by atoms with Gasteiger partial charge in [0.1, 0.15) is 0 Å². The Bertz CT molecular complexity index is 566. The highest BCUT2D eigenvalue weighted by atomic mass is 16.3. The van der Waals surface area contributed by atoms with Crippen molar-refractivity contribution in [2.45, 2.75) is 51.6 Å². The number of fused-ring (bicyclic) bond motifs is 4. The number of carbonyl (C=O) groups excluding carboxylic acids is 1. The van der Waals surface area contributed by atoms with Crippen molar-refractivity contribution in [3.63, 3.8) is 0 Å². The molecule has 0 amide bonds. The van der Waals surface area contributed by atoms with Gasteiger partial charge in [-0.3, -0.25) is 4.79 Å². The number of aliphatic hydroxyl groups excluding tert-OH is 1. The van der Waals surface area contributed by atoms with E-state index in [1.807, 2.05) is 6.08 Å². The zero-order chi connectivity index (χ0) is 13.9. The number of hydrogen-bond donors (Lipinski definition) is 1. The van der Waals surface area contributed by atoms with Crippen LogP contribution in [0.2, 0.25) is 0 Å². The molecule has 2 nitrogen and oxygen atoms in total. The van der Waals surface area contributed by atoms with Crippen LogP contribution in [0.1, 0.15) is 45.4 Å². The van der Waals surface area contributed by atoms with E-state index < -0.39 is 0 Å². The lowest BCUT2D eigenvalue weighted by Gasteiger charge is -2.44. The summed E-state index contributed by atoms with van der Waals surface area (Å²) in [5.74, 6) is 1.48. The van der Waals surface area contributed by atoms with Gasteiger partial charge in [0.05, 0.1) is 6.10 Å². The van der Waals surface area contributed by atoms with Crippen LogP contribution in [0.3, 0.4) is 0 Å². The maximum absolute atomic E-state index is 11.6. The van der Waals surface area contributed by atoms with E-state index in [4.69, 9.17) is 0 Å². The Hall–Kier alpha value is -1.15. The van der Waals surface area contributed by atoms with Gasteiger partial charge >= 0.3 is 0 Å². The number of ketones is 1. The van der Waals surface area contributed by atoms with Gasteiger partial charge in [0.25, 0.3) is 0 Å². The van der Waals surface area contributed by atoms with Crippen LogP contribution in [0.25, 0.3) is 0 Å². The van der Waals surface area contributed by atoms with Crippen molar-refractivity contribution >= 4 is 5.78 Å². The van der Waals surface area contributed by atoms with Crippen molar-refractivity contribution in [2.75, 3.05) is 0 Å².